The third-order valence-corrected chi connectivity index (χ3v) is 4.63. The lowest BCUT2D eigenvalue weighted by molar-refractivity contribution is -0.138. The molecule has 2 aromatic rings. The number of rotatable bonds is 7. The van der Waals surface area contributed by atoms with Gasteiger partial charge in [0.1, 0.15) is 11.7 Å². The number of Topliss-reactive ketones (excluding diaryl/α,β-unsaturated/α-hetero) is 1. The van der Waals surface area contributed by atoms with E-state index in [1.165, 1.54) is 6.92 Å². The Morgan fingerprint density at radius 1 is 1.11 bits per heavy atom. The van der Waals surface area contributed by atoms with E-state index in [1.54, 1.807) is 53.4 Å². The van der Waals surface area contributed by atoms with Gasteiger partial charge in [0.15, 0.2) is 5.78 Å². The number of fused-ring (bicyclic) bond motifs is 1. The van der Waals surface area contributed by atoms with Gasteiger partial charge in [-0.3, -0.25) is 14.4 Å². The lowest BCUT2D eigenvalue weighted by atomic mass is 10.0. The maximum absolute atomic E-state index is 12.5. The molecule has 6 nitrogen and oxygen atoms in total. The van der Waals surface area contributed by atoms with Crippen molar-refractivity contribution in [3.8, 4) is 5.75 Å². The summed E-state index contributed by atoms with van der Waals surface area (Å²) in [5.74, 6) is -1.07. The van der Waals surface area contributed by atoms with Gasteiger partial charge < -0.3 is 14.7 Å². The first-order chi connectivity index (χ1) is 13.0. The fraction of sp³-hybridized carbons (Fsp3) is 0.286. The van der Waals surface area contributed by atoms with E-state index in [0.29, 0.717) is 35.6 Å². The topological polar surface area (TPSA) is 83.9 Å². The molecule has 0 aliphatic carbocycles. The molecular formula is C21H21NO5. The van der Waals surface area contributed by atoms with E-state index in [2.05, 4.69) is 0 Å². The summed E-state index contributed by atoms with van der Waals surface area (Å²) in [6.07, 6.45) is 0.788. The van der Waals surface area contributed by atoms with Crippen LogP contribution >= 0.6 is 0 Å². The zero-order valence-corrected chi connectivity index (χ0v) is 15.1. The molecule has 140 valence electrons. The highest BCUT2D eigenvalue weighted by atomic mass is 16.5. The molecule has 0 bridgehead atoms. The van der Waals surface area contributed by atoms with Gasteiger partial charge in [0.25, 0.3) is 0 Å². The fourth-order valence-corrected chi connectivity index (χ4v) is 3.19. The molecule has 0 fully saturated rings. The van der Waals surface area contributed by atoms with Crippen molar-refractivity contribution in [2.24, 2.45) is 0 Å². The van der Waals surface area contributed by atoms with Gasteiger partial charge >= 0.3 is 5.97 Å². The third-order valence-electron chi connectivity index (χ3n) is 4.63. The molecule has 1 heterocycles. The van der Waals surface area contributed by atoms with Crippen molar-refractivity contribution in [1.29, 1.82) is 0 Å². The van der Waals surface area contributed by atoms with Crippen molar-refractivity contribution in [3.05, 3.63) is 59.7 Å². The number of carboxylic acid groups (broad SMARTS) is 1. The van der Waals surface area contributed by atoms with Gasteiger partial charge in [0.2, 0.25) is 5.91 Å². The molecule has 6 heteroatoms. The second kappa shape index (κ2) is 8.03. The zero-order valence-electron chi connectivity index (χ0n) is 15.1. The van der Waals surface area contributed by atoms with Crippen LogP contribution in [0.3, 0.4) is 0 Å². The molecule has 0 saturated heterocycles. The van der Waals surface area contributed by atoms with Gasteiger partial charge in [-0.2, -0.15) is 0 Å². The molecular weight excluding hydrogens is 346 g/mol. The number of carbonyl (C=O) groups is 3. The Kier molecular flexibility index (Phi) is 5.54. The van der Waals surface area contributed by atoms with Gasteiger partial charge in [0.05, 0.1) is 6.61 Å². The minimum atomic E-state index is -0.921. The Morgan fingerprint density at radius 2 is 1.81 bits per heavy atom. The lowest BCUT2D eigenvalue weighted by Gasteiger charge is -2.17. The smallest absolute Gasteiger partial charge is 0.312 e. The highest BCUT2D eigenvalue weighted by Gasteiger charge is 2.35. The molecule has 1 aliphatic heterocycles. The van der Waals surface area contributed by atoms with E-state index < -0.39 is 11.9 Å². The Bertz CT molecular complexity index is 859. The molecule has 0 saturated carbocycles. The van der Waals surface area contributed by atoms with Gasteiger partial charge in [-0.05, 0) is 49.2 Å². The molecule has 1 aliphatic rings. The van der Waals surface area contributed by atoms with Crippen LogP contribution in [0, 0.1) is 0 Å². The molecule has 0 radical (unpaired) electrons. The number of amides is 1. The third kappa shape index (κ3) is 4.16. The Labute approximate surface area is 157 Å². The van der Waals surface area contributed by atoms with Crippen LogP contribution in [-0.4, -0.2) is 35.9 Å². The number of aliphatic carboxylic acids is 1. The number of anilines is 1. The van der Waals surface area contributed by atoms with E-state index in [1.807, 2.05) is 0 Å². The van der Waals surface area contributed by atoms with Gasteiger partial charge in [0, 0.05) is 24.2 Å². The van der Waals surface area contributed by atoms with Crippen LogP contribution in [0.15, 0.2) is 48.5 Å². The fourth-order valence-electron chi connectivity index (χ4n) is 3.19. The minimum Gasteiger partial charge on any atom is -0.494 e. The monoisotopic (exact) mass is 367 g/mol. The zero-order chi connectivity index (χ0) is 19.4. The number of benzene rings is 2. The molecule has 3 rings (SSSR count). The summed E-state index contributed by atoms with van der Waals surface area (Å²) in [5.41, 5.74) is 1.98. The van der Waals surface area contributed by atoms with Gasteiger partial charge in [-0.1, -0.05) is 18.2 Å². The van der Waals surface area contributed by atoms with E-state index >= 15 is 0 Å². The van der Waals surface area contributed by atoms with Crippen LogP contribution < -0.4 is 9.64 Å². The van der Waals surface area contributed by atoms with Crippen LogP contribution in [0.25, 0.3) is 0 Å². The van der Waals surface area contributed by atoms with E-state index in [9.17, 15) is 19.5 Å². The Morgan fingerprint density at radius 3 is 2.48 bits per heavy atom. The number of hydrogen-bond acceptors (Lipinski definition) is 4. The van der Waals surface area contributed by atoms with Crippen molar-refractivity contribution in [3.63, 3.8) is 0 Å². The number of hydrogen-bond donors (Lipinski definition) is 1. The first-order valence-electron chi connectivity index (χ1n) is 8.83. The molecule has 2 aromatic carbocycles. The van der Waals surface area contributed by atoms with Crippen LogP contribution in [0.5, 0.6) is 5.75 Å². The number of carboxylic acids is 1. The number of carbonyl (C=O) groups excluding carboxylic acids is 2. The molecule has 1 atom stereocenters. The summed E-state index contributed by atoms with van der Waals surface area (Å²) in [4.78, 5) is 36.8. The van der Waals surface area contributed by atoms with Crippen LogP contribution in [0.4, 0.5) is 5.69 Å². The van der Waals surface area contributed by atoms with Crippen LogP contribution in [-0.2, 0) is 9.59 Å². The largest absolute Gasteiger partial charge is 0.494 e. The average Bonchev–Trinajstić information content (AvgIpc) is 3.05. The first kappa shape index (κ1) is 18.6. The molecule has 0 spiro atoms. The van der Waals surface area contributed by atoms with E-state index in [4.69, 9.17) is 4.74 Å². The lowest BCUT2D eigenvalue weighted by Crippen LogP contribution is -2.31. The highest BCUT2D eigenvalue weighted by molar-refractivity contribution is 5.99. The van der Waals surface area contributed by atoms with Crippen LogP contribution in [0.2, 0.25) is 0 Å². The van der Waals surface area contributed by atoms with Crippen molar-refractivity contribution >= 4 is 23.3 Å². The summed E-state index contributed by atoms with van der Waals surface area (Å²) >= 11 is 0. The standard InChI is InChI=1S/C21H21NO5/c1-14(23)15-8-10-16(11-9-15)27-12-4-7-20(24)22-13-18(21(25)26)17-5-2-3-6-19(17)22/h2-3,5-6,8-11,18H,4,7,12-13H2,1H3,(H,25,26). The Balaban J connectivity index is 1.53. The normalized spacial score (nSPS) is 15.3. The second-order valence-electron chi connectivity index (χ2n) is 6.49. The molecule has 1 unspecified atom stereocenters. The van der Waals surface area contributed by atoms with Gasteiger partial charge in [-0.25, -0.2) is 0 Å². The van der Waals surface area contributed by atoms with E-state index in [0.717, 1.165) is 0 Å². The summed E-state index contributed by atoms with van der Waals surface area (Å²) < 4.78 is 5.61. The van der Waals surface area contributed by atoms with Gasteiger partial charge in [-0.15, -0.1) is 0 Å². The predicted octanol–water partition coefficient (Wildman–Crippen LogP) is 3.26. The minimum absolute atomic E-state index is 0.00212. The number of ether oxygens (including phenoxy) is 1. The van der Waals surface area contributed by atoms with Crippen LogP contribution in [0.1, 0.15) is 41.6 Å². The molecule has 1 N–H and O–H groups in total. The average molecular weight is 367 g/mol. The summed E-state index contributed by atoms with van der Waals surface area (Å²) in [7, 11) is 0. The maximum Gasteiger partial charge on any atom is 0.312 e. The molecule has 27 heavy (non-hydrogen) atoms. The van der Waals surface area contributed by atoms with Crippen molar-refractivity contribution in [1.82, 2.24) is 0 Å². The quantitative estimate of drug-likeness (QED) is 0.600. The highest BCUT2D eigenvalue weighted by Crippen LogP contribution is 2.36. The van der Waals surface area contributed by atoms with Crippen molar-refractivity contribution < 1.29 is 24.2 Å². The predicted molar refractivity (Wildman–Crippen MR) is 100 cm³/mol. The van der Waals surface area contributed by atoms with E-state index in [-0.39, 0.29) is 24.7 Å². The van der Waals surface area contributed by atoms with Crippen molar-refractivity contribution in [2.45, 2.75) is 25.7 Å². The number of para-hydroxylation sites is 1. The second-order valence-corrected chi connectivity index (χ2v) is 6.49. The SMILES string of the molecule is CC(=O)c1ccc(OCCCC(=O)N2CC(C(=O)O)c3ccccc32)cc1. The van der Waals surface area contributed by atoms with Crippen molar-refractivity contribution in [2.75, 3.05) is 18.1 Å². The number of ketones is 1. The maximum atomic E-state index is 12.5. The summed E-state index contributed by atoms with van der Waals surface area (Å²) in [6.45, 7) is 2.04. The Hall–Kier alpha value is -3.15. The first-order valence-corrected chi connectivity index (χ1v) is 8.83. The summed E-state index contributed by atoms with van der Waals surface area (Å²) in [6, 6.07) is 14.0. The summed E-state index contributed by atoms with van der Waals surface area (Å²) in [5, 5.41) is 9.37. The molecule has 1 amide bonds. The molecule has 0 aromatic heterocycles. The number of nitrogens with zero attached hydrogens (tertiary/aromatic N) is 1.